The van der Waals surface area contributed by atoms with Gasteiger partial charge in [-0.3, -0.25) is 0 Å². The first kappa shape index (κ1) is 8.82. The van der Waals surface area contributed by atoms with Gasteiger partial charge in [-0.1, -0.05) is 6.92 Å². The van der Waals surface area contributed by atoms with Gasteiger partial charge in [-0.2, -0.15) is 0 Å². The zero-order valence-corrected chi connectivity index (χ0v) is 8.80. The minimum atomic E-state index is 0.336. The minimum absolute atomic E-state index is 0.336. The topological polar surface area (TPSA) is 55.9 Å². The van der Waals surface area contributed by atoms with Gasteiger partial charge in [0.05, 0.1) is 13.1 Å². The van der Waals surface area contributed by atoms with Gasteiger partial charge in [0.15, 0.2) is 0 Å². The smallest absolute Gasteiger partial charge is 0.242 e. The van der Waals surface area contributed by atoms with Gasteiger partial charge in [-0.05, 0) is 6.42 Å². The van der Waals surface area contributed by atoms with E-state index < -0.39 is 0 Å². The molecule has 15 heavy (non-hydrogen) atoms. The molecule has 6 nitrogen and oxygen atoms in total. The van der Waals surface area contributed by atoms with Crippen LogP contribution in [0.25, 0.3) is 0 Å². The summed E-state index contributed by atoms with van der Waals surface area (Å²) in [6, 6.07) is 0. The molecule has 0 amide bonds. The molecule has 0 aromatic heterocycles. The van der Waals surface area contributed by atoms with E-state index in [0.29, 0.717) is 6.17 Å². The van der Waals surface area contributed by atoms with Crippen LogP contribution in [0.15, 0.2) is 20.2 Å². The number of aliphatic imine (C=N–C) groups is 2. The lowest BCUT2D eigenvalue weighted by molar-refractivity contribution is 0.176. The number of hydrogen-bond donors (Lipinski definition) is 0. The quantitative estimate of drug-likeness (QED) is 0.628. The van der Waals surface area contributed by atoms with Gasteiger partial charge < -0.3 is 9.80 Å². The molecule has 0 bridgehead atoms. The second-order valence-corrected chi connectivity index (χ2v) is 3.84. The van der Waals surface area contributed by atoms with Crippen LogP contribution >= 0.6 is 0 Å². The molecule has 0 spiro atoms. The van der Waals surface area contributed by atoms with Crippen LogP contribution in [-0.2, 0) is 0 Å². The largest absolute Gasteiger partial charge is 0.317 e. The molecule has 0 fully saturated rings. The van der Waals surface area contributed by atoms with Crippen molar-refractivity contribution in [3.63, 3.8) is 0 Å². The van der Waals surface area contributed by atoms with Gasteiger partial charge >= 0.3 is 0 Å². The Morgan fingerprint density at radius 2 is 1.60 bits per heavy atom. The fraction of sp³-hybridized carbons (Fsp3) is 0.778. The van der Waals surface area contributed by atoms with E-state index in [1.807, 2.05) is 0 Å². The number of guanidine groups is 2. The Bertz CT molecular complexity index is 326. The molecule has 0 saturated heterocycles. The maximum absolute atomic E-state index is 4.34. The molecule has 0 saturated carbocycles. The Morgan fingerprint density at radius 3 is 2.07 bits per heavy atom. The highest BCUT2D eigenvalue weighted by Crippen LogP contribution is 2.21. The summed E-state index contributed by atoms with van der Waals surface area (Å²) in [6.45, 7) is 5.77. The zero-order chi connectivity index (χ0) is 10.3. The third-order valence-corrected chi connectivity index (χ3v) is 3.02. The first-order valence-corrected chi connectivity index (χ1v) is 5.44. The molecule has 0 N–H and O–H groups in total. The molecule has 0 aromatic rings. The first-order chi connectivity index (χ1) is 7.40. The summed E-state index contributed by atoms with van der Waals surface area (Å²) in [5.41, 5.74) is 0. The average molecular weight is 206 g/mol. The number of nitrogens with zero attached hydrogens (tertiary/aromatic N) is 6. The molecule has 6 heteroatoms. The predicted molar refractivity (Wildman–Crippen MR) is 57.0 cm³/mol. The van der Waals surface area contributed by atoms with Gasteiger partial charge in [-0.15, -0.1) is 10.2 Å². The molecule has 0 atom stereocenters. The van der Waals surface area contributed by atoms with E-state index in [9.17, 15) is 0 Å². The molecule has 0 aromatic carbocycles. The van der Waals surface area contributed by atoms with Crippen molar-refractivity contribution in [2.24, 2.45) is 20.2 Å². The molecule has 3 heterocycles. The standard InChI is InChI=1S/C9H14N6/c1-2-7-14-5-3-10-8(14)12-13-9-11-4-6-15(7)9/h7H,2-6H2,1H3. The van der Waals surface area contributed by atoms with Crippen molar-refractivity contribution in [3.8, 4) is 0 Å². The molecule has 0 unspecified atom stereocenters. The summed E-state index contributed by atoms with van der Waals surface area (Å²) in [6.07, 6.45) is 1.38. The minimum Gasteiger partial charge on any atom is -0.317 e. The Balaban J connectivity index is 1.99. The highest BCUT2D eigenvalue weighted by atomic mass is 15.5. The van der Waals surface area contributed by atoms with E-state index in [4.69, 9.17) is 0 Å². The second-order valence-electron chi connectivity index (χ2n) is 3.84. The molecule has 3 aliphatic rings. The van der Waals surface area contributed by atoms with Crippen LogP contribution in [0.5, 0.6) is 0 Å². The Kier molecular flexibility index (Phi) is 1.93. The molecular weight excluding hydrogens is 192 g/mol. The molecule has 3 rings (SSSR count). The van der Waals surface area contributed by atoms with Crippen molar-refractivity contribution in [1.82, 2.24) is 9.80 Å². The normalized spacial score (nSPS) is 24.9. The predicted octanol–water partition coefficient (Wildman–Crippen LogP) is 0.531. The molecule has 0 aliphatic carbocycles. The van der Waals surface area contributed by atoms with Crippen LogP contribution in [0.1, 0.15) is 13.3 Å². The van der Waals surface area contributed by atoms with E-state index in [1.54, 1.807) is 0 Å². The summed E-state index contributed by atoms with van der Waals surface area (Å²) in [5.74, 6) is 1.55. The molecular formula is C9H14N6. The van der Waals surface area contributed by atoms with Crippen LogP contribution in [0.2, 0.25) is 0 Å². The van der Waals surface area contributed by atoms with Gasteiger partial charge in [0.1, 0.15) is 6.17 Å². The average Bonchev–Trinajstić information content (AvgIpc) is 2.85. The zero-order valence-electron chi connectivity index (χ0n) is 8.80. The monoisotopic (exact) mass is 206 g/mol. The maximum atomic E-state index is 4.34. The van der Waals surface area contributed by atoms with Crippen molar-refractivity contribution >= 4 is 11.9 Å². The lowest BCUT2D eigenvalue weighted by Gasteiger charge is -2.33. The third-order valence-electron chi connectivity index (χ3n) is 3.02. The van der Waals surface area contributed by atoms with E-state index in [-0.39, 0.29) is 0 Å². The Labute approximate surface area is 88.4 Å². The van der Waals surface area contributed by atoms with Crippen LogP contribution < -0.4 is 0 Å². The summed E-state index contributed by atoms with van der Waals surface area (Å²) < 4.78 is 0. The van der Waals surface area contributed by atoms with Gasteiger partial charge in [0, 0.05) is 13.1 Å². The lowest BCUT2D eigenvalue weighted by Crippen LogP contribution is -2.48. The van der Waals surface area contributed by atoms with Gasteiger partial charge in [0.2, 0.25) is 11.9 Å². The van der Waals surface area contributed by atoms with Crippen LogP contribution in [0.4, 0.5) is 0 Å². The molecule has 0 radical (unpaired) electrons. The van der Waals surface area contributed by atoms with Crippen molar-refractivity contribution in [1.29, 1.82) is 0 Å². The number of rotatable bonds is 1. The van der Waals surface area contributed by atoms with Crippen LogP contribution in [0.3, 0.4) is 0 Å². The van der Waals surface area contributed by atoms with E-state index >= 15 is 0 Å². The second kappa shape index (κ2) is 3.29. The summed E-state index contributed by atoms with van der Waals surface area (Å²) >= 11 is 0. The highest BCUT2D eigenvalue weighted by molar-refractivity contribution is 5.89. The van der Waals surface area contributed by atoms with Crippen molar-refractivity contribution < 1.29 is 0 Å². The number of fused-ring (bicyclic) bond motifs is 2. The summed E-state index contributed by atoms with van der Waals surface area (Å²) in [5, 5.41) is 8.31. The van der Waals surface area contributed by atoms with Crippen LogP contribution in [0, 0.1) is 0 Å². The van der Waals surface area contributed by atoms with Gasteiger partial charge in [-0.25, -0.2) is 9.98 Å². The maximum Gasteiger partial charge on any atom is 0.242 e. The van der Waals surface area contributed by atoms with E-state index in [1.165, 1.54) is 0 Å². The molecule has 3 aliphatic heterocycles. The summed E-state index contributed by atoms with van der Waals surface area (Å²) in [4.78, 5) is 13.2. The first-order valence-electron chi connectivity index (χ1n) is 5.44. The van der Waals surface area contributed by atoms with Crippen molar-refractivity contribution in [2.45, 2.75) is 19.5 Å². The van der Waals surface area contributed by atoms with Gasteiger partial charge in [0.25, 0.3) is 0 Å². The third kappa shape index (κ3) is 1.24. The van der Waals surface area contributed by atoms with Crippen molar-refractivity contribution in [3.05, 3.63) is 0 Å². The summed E-state index contributed by atoms with van der Waals surface area (Å²) in [7, 11) is 0. The molecule has 80 valence electrons. The highest BCUT2D eigenvalue weighted by Gasteiger charge is 2.35. The Hall–Kier alpha value is -1.46. The fourth-order valence-electron chi connectivity index (χ4n) is 2.34. The van der Waals surface area contributed by atoms with E-state index in [2.05, 4.69) is 36.9 Å². The fourth-order valence-corrected chi connectivity index (χ4v) is 2.34. The number of azo groups is 1. The van der Waals surface area contributed by atoms with Crippen molar-refractivity contribution in [2.75, 3.05) is 26.2 Å². The lowest BCUT2D eigenvalue weighted by atomic mass is 10.3. The van der Waals surface area contributed by atoms with E-state index in [0.717, 1.165) is 44.5 Å². The Morgan fingerprint density at radius 1 is 1.07 bits per heavy atom. The SMILES string of the molecule is CCC1N2CCN=C2N=NC2=NCCN21. The number of hydrogen-bond acceptors (Lipinski definition) is 6. The van der Waals surface area contributed by atoms with Crippen LogP contribution in [-0.4, -0.2) is 54.1 Å².